The summed E-state index contributed by atoms with van der Waals surface area (Å²) in [4.78, 5) is 11.2. The zero-order chi connectivity index (χ0) is 12.3. The Labute approximate surface area is 104 Å². The van der Waals surface area contributed by atoms with Crippen molar-refractivity contribution in [1.29, 1.82) is 0 Å². The van der Waals surface area contributed by atoms with Crippen LogP contribution >= 0.6 is 11.3 Å². The first-order valence-electron chi connectivity index (χ1n) is 5.70. The van der Waals surface area contributed by atoms with Gasteiger partial charge in [-0.25, -0.2) is 0 Å². The second-order valence-corrected chi connectivity index (χ2v) is 5.34. The zero-order valence-corrected chi connectivity index (χ0v) is 10.5. The van der Waals surface area contributed by atoms with Gasteiger partial charge in [0.1, 0.15) is 0 Å². The minimum absolute atomic E-state index is 0.205. The van der Waals surface area contributed by atoms with Gasteiger partial charge in [0.15, 0.2) is 0 Å². The number of nitrogens with one attached hydrogen (secondary N) is 1. The summed E-state index contributed by atoms with van der Waals surface area (Å²) < 4.78 is 5.39. The average Bonchev–Trinajstić information content (AvgIpc) is 2.95. The Bertz CT molecular complexity index is 394. The predicted octanol–water partition coefficient (Wildman–Crippen LogP) is 2.31. The van der Waals surface area contributed by atoms with Crippen LogP contribution in [0.15, 0.2) is 12.1 Å². The molecule has 94 valence electrons. The van der Waals surface area contributed by atoms with Crippen molar-refractivity contribution < 1.29 is 9.66 Å². The Morgan fingerprint density at radius 1 is 1.59 bits per heavy atom. The third-order valence-electron chi connectivity index (χ3n) is 3.12. The van der Waals surface area contributed by atoms with E-state index in [1.807, 2.05) is 6.07 Å². The summed E-state index contributed by atoms with van der Waals surface area (Å²) in [5.41, 5.74) is 0. The molecule has 1 N–H and O–H groups in total. The van der Waals surface area contributed by atoms with E-state index >= 15 is 0 Å². The molecule has 17 heavy (non-hydrogen) atoms. The van der Waals surface area contributed by atoms with Gasteiger partial charge in [-0.3, -0.25) is 10.1 Å². The molecule has 0 aromatic carbocycles. The molecular formula is C11H16N2O3S. The van der Waals surface area contributed by atoms with E-state index in [4.69, 9.17) is 4.74 Å². The molecule has 0 aliphatic heterocycles. The lowest BCUT2D eigenvalue weighted by molar-refractivity contribution is -0.380. The fourth-order valence-corrected chi connectivity index (χ4v) is 3.00. The molecule has 0 amide bonds. The van der Waals surface area contributed by atoms with Crippen molar-refractivity contribution in [3.63, 3.8) is 0 Å². The maximum absolute atomic E-state index is 10.5. The summed E-state index contributed by atoms with van der Waals surface area (Å²) in [7, 11) is 1.74. The van der Waals surface area contributed by atoms with Crippen LogP contribution in [0.2, 0.25) is 0 Å². The molecule has 1 fully saturated rings. The highest BCUT2D eigenvalue weighted by Gasteiger charge is 2.26. The number of nitro groups is 1. The van der Waals surface area contributed by atoms with Gasteiger partial charge in [0.25, 0.3) is 0 Å². The maximum Gasteiger partial charge on any atom is 0.324 e. The van der Waals surface area contributed by atoms with Gasteiger partial charge in [-0.1, -0.05) is 11.3 Å². The second-order valence-electron chi connectivity index (χ2n) is 4.19. The summed E-state index contributed by atoms with van der Waals surface area (Å²) in [5.74, 6) is 0. The van der Waals surface area contributed by atoms with E-state index in [2.05, 4.69) is 5.32 Å². The molecular weight excluding hydrogens is 240 g/mol. The SMILES string of the molecule is COC1CCCC1NCc1ccc([N+](=O)[O-])s1. The lowest BCUT2D eigenvalue weighted by atomic mass is 10.2. The van der Waals surface area contributed by atoms with E-state index in [9.17, 15) is 10.1 Å². The maximum atomic E-state index is 10.5. The second kappa shape index (κ2) is 5.57. The van der Waals surface area contributed by atoms with E-state index < -0.39 is 0 Å². The van der Waals surface area contributed by atoms with Crippen LogP contribution in [0.1, 0.15) is 24.1 Å². The lowest BCUT2D eigenvalue weighted by Crippen LogP contribution is -2.36. The van der Waals surface area contributed by atoms with Crippen molar-refractivity contribution in [3.05, 3.63) is 27.1 Å². The van der Waals surface area contributed by atoms with E-state index in [0.717, 1.165) is 17.7 Å². The van der Waals surface area contributed by atoms with E-state index in [1.165, 1.54) is 17.8 Å². The number of methoxy groups -OCH3 is 1. The highest BCUT2D eigenvalue weighted by molar-refractivity contribution is 7.15. The van der Waals surface area contributed by atoms with Crippen LogP contribution in [0.5, 0.6) is 0 Å². The van der Waals surface area contributed by atoms with Crippen molar-refractivity contribution in [1.82, 2.24) is 5.32 Å². The summed E-state index contributed by atoms with van der Waals surface area (Å²) in [5, 5.41) is 14.2. The van der Waals surface area contributed by atoms with Crippen LogP contribution in [0.25, 0.3) is 0 Å². The first-order chi connectivity index (χ1) is 8.20. The van der Waals surface area contributed by atoms with Gasteiger partial charge in [0.05, 0.1) is 11.0 Å². The molecule has 0 bridgehead atoms. The molecule has 1 saturated carbocycles. The lowest BCUT2D eigenvalue weighted by Gasteiger charge is -2.19. The largest absolute Gasteiger partial charge is 0.380 e. The van der Waals surface area contributed by atoms with Gasteiger partial charge in [0.2, 0.25) is 0 Å². The zero-order valence-electron chi connectivity index (χ0n) is 9.72. The summed E-state index contributed by atoms with van der Waals surface area (Å²) >= 11 is 1.23. The van der Waals surface area contributed by atoms with Crippen molar-refractivity contribution in [2.24, 2.45) is 0 Å². The number of ether oxygens (including phenoxy) is 1. The van der Waals surface area contributed by atoms with Gasteiger partial charge in [-0.15, -0.1) is 0 Å². The number of nitrogens with zero attached hydrogens (tertiary/aromatic N) is 1. The van der Waals surface area contributed by atoms with Crippen LogP contribution in [-0.4, -0.2) is 24.2 Å². The standard InChI is InChI=1S/C11H16N2O3S/c1-16-10-4-2-3-9(10)12-7-8-5-6-11(17-8)13(14)15/h5-6,9-10,12H,2-4,7H2,1H3. The molecule has 1 aliphatic rings. The van der Waals surface area contributed by atoms with Crippen LogP contribution in [-0.2, 0) is 11.3 Å². The van der Waals surface area contributed by atoms with E-state index in [-0.39, 0.29) is 16.0 Å². The predicted molar refractivity (Wildman–Crippen MR) is 66.2 cm³/mol. The van der Waals surface area contributed by atoms with Crippen molar-refractivity contribution >= 4 is 16.3 Å². The molecule has 0 saturated heterocycles. The average molecular weight is 256 g/mol. The number of rotatable bonds is 5. The summed E-state index contributed by atoms with van der Waals surface area (Å²) in [6.45, 7) is 0.684. The summed E-state index contributed by atoms with van der Waals surface area (Å²) in [6.07, 6.45) is 3.68. The number of hydrogen-bond acceptors (Lipinski definition) is 5. The monoisotopic (exact) mass is 256 g/mol. The minimum atomic E-state index is -0.346. The van der Waals surface area contributed by atoms with E-state index in [1.54, 1.807) is 13.2 Å². The molecule has 2 unspecified atom stereocenters. The molecule has 1 aromatic heterocycles. The smallest absolute Gasteiger partial charge is 0.324 e. The van der Waals surface area contributed by atoms with Crippen molar-refractivity contribution in [3.8, 4) is 0 Å². The molecule has 5 nitrogen and oxygen atoms in total. The van der Waals surface area contributed by atoms with Gasteiger partial charge < -0.3 is 10.1 Å². The van der Waals surface area contributed by atoms with Crippen LogP contribution in [0.3, 0.4) is 0 Å². The fraction of sp³-hybridized carbons (Fsp3) is 0.636. The Kier molecular flexibility index (Phi) is 4.09. The van der Waals surface area contributed by atoms with Gasteiger partial charge in [-0.05, 0) is 25.3 Å². The van der Waals surface area contributed by atoms with Crippen LogP contribution in [0.4, 0.5) is 5.00 Å². The number of thiophene rings is 1. The highest BCUT2D eigenvalue weighted by atomic mass is 32.1. The Hall–Kier alpha value is -0.980. The first-order valence-corrected chi connectivity index (χ1v) is 6.51. The van der Waals surface area contributed by atoms with Crippen LogP contribution in [0, 0.1) is 10.1 Å². The molecule has 2 rings (SSSR count). The summed E-state index contributed by atoms with van der Waals surface area (Å²) in [6, 6.07) is 3.75. The molecule has 1 aromatic rings. The first kappa shape index (κ1) is 12.5. The molecule has 1 heterocycles. The Balaban J connectivity index is 1.86. The Morgan fingerprint density at radius 3 is 3.06 bits per heavy atom. The molecule has 6 heteroatoms. The fourth-order valence-electron chi connectivity index (χ4n) is 2.23. The normalized spacial score (nSPS) is 24.1. The van der Waals surface area contributed by atoms with Crippen LogP contribution < -0.4 is 5.32 Å². The van der Waals surface area contributed by atoms with Crippen molar-refractivity contribution in [2.75, 3.05) is 7.11 Å². The van der Waals surface area contributed by atoms with E-state index in [0.29, 0.717) is 12.6 Å². The number of hydrogen-bond donors (Lipinski definition) is 1. The quantitative estimate of drug-likeness (QED) is 0.648. The third-order valence-corrected chi connectivity index (χ3v) is 4.16. The van der Waals surface area contributed by atoms with Crippen molar-refractivity contribution in [2.45, 2.75) is 38.0 Å². The molecule has 0 radical (unpaired) electrons. The van der Waals surface area contributed by atoms with Gasteiger partial charge >= 0.3 is 5.00 Å². The minimum Gasteiger partial charge on any atom is -0.380 e. The highest BCUT2D eigenvalue weighted by Crippen LogP contribution is 2.25. The topological polar surface area (TPSA) is 64.4 Å². The molecule has 1 aliphatic carbocycles. The molecule has 0 spiro atoms. The Morgan fingerprint density at radius 2 is 2.41 bits per heavy atom. The van der Waals surface area contributed by atoms with Gasteiger partial charge in [-0.2, -0.15) is 0 Å². The molecule has 2 atom stereocenters. The third kappa shape index (κ3) is 3.02. The van der Waals surface area contributed by atoms with Gasteiger partial charge in [0, 0.05) is 30.6 Å².